The summed E-state index contributed by atoms with van der Waals surface area (Å²) < 4.78 is 0. The number of aliphatic hydroxyl groups excluding tert-OH is 1. The van der Waals surface area contributed by atoms with Gasteiger partial charge in [0.2, 0.25) is 17.7 Å². The molecule has 1 fully saturated rings. The summed E-state index contributed by atoms with van der Waals surface area (Å²) in [6.45, 7) is 0.590. The zero-order valence-corrected chi connectivity index (χ0v) is 23.9. The van der Waals surface area contributed by atoms with Gasteiger partial charge >= 0.3 is 0 Å². The van der Waals surface area contributed by atoms with Crippen LogP contribution in [0.1, 0.15) is 43.2 Å². The van der Waals surface area contributed by atoms with E-state index in [1.807, 2.05) is 0 Å². The fourth-order valence-corrected chi connectivity index (χ4v) is 4.92. The van der Waals surface area contributed by atoms with Crippen molar-refractivity contribution in [3.63, 3.8) is 0 Å². The van der Waals surface area contributed by atoms with Gasteiger partial charge in [-0.05, 0) is 73.9 Å². The van der Waals surface area contributed by atoms with Crippen molar-refractivity contribution in [1.82, 2.24) is 15.5 Å². The first-order chi connectivity index (χ1) is 20.6. The van der Waals surface area contributed by atoms with E-state index in [1.54, 1.807) is 24.3 Å². The minimum Gasteiger partial charge on any atom is -0.508 e. The number of likely N-dealkylation sites (tertiary alicyclic amines) is 1. The van der Waals surface area contributed by atoms with Gasteiger partial charge < -0.3 is 47.1 Å². The second-order valence-corrected chi connectivity index (χ2v) is 10.5. The van der Waals surface area contributed by atoms with Crippen LogP contribution in [0.25, 0.3) is 0 Å². The van der Waals surface area contributed by atoms with Crippen LogP contribution in [0, 0.1) is 0 Å². The molecule has 2 aromatic rings. The summed E-state index contributed by atoms with van der Waals surface area (Å²) >= 11 is 0. The first-order valence-electron chi connectivity index (χ1n) is 14.2. The average Bonchev–Trinajstić information content (AvgIpc) is 3.48. The number of hydrogen-bond donors (Lipinski definition) is 7. The summed E-state index contributed by atoms with van der Waals surface area (Å²) in [7, 11) is 0. The smallest absolute Gasteiger partial charge is 0.249 e. The number of aliphatic imine (C=N–C) groups is 1. The van der Waals surface area contributed by atoms with Crippen molar-refractivity contribution in [3.05, 3.63) is 59.7 Å². The Labute approximate surface area is 250 Å². The number of benzene rings is 2. The predicted octanol–water partition coefficient (Wildman–Crippen LogP) is -0.153. The average molecular weight is 597 g/mol. The Hall–Kier alpha value is -4.65. The number of hydrogen-bond acceptors (Lipinski definition) is 8. The van der Waals surface area contributed by atoms with Crippen LogP contribution in [0.15, 0.2) is 53.5 Å². The third-order valence-electron chi connectivity index (χ3n) is 7.24. The van der Waals surface area contributed by atoms with Crippen molar-refractivity contribution in [3.8, 4) is 11.5 Å². The van der Waals surface area contributed by atoms with Gasteiger partial charge in [0.25, 0.3) is 0 Å². The zero-order valence-electron chi connectivity index (χ0n) is 23.9. The number of aromatic hydroxyl groups is 2. The third-order valence-corrected chi connectivity index (χ3v) is 7.24. The van der Waals surface area contributed by atoms with E-state index in [1.165, 1.54) is 29.2 Å². The molecule has 0 spiro atoms. The number of phenols is 2. The quantitative estimate of drug-likeness (QED) is 0.0628. The van der Waals surface area contributed by atoms with Crippen LogP contribution in [0.2, 0.25) is 0 Å². The second-order valence-electron chi connectivity index (χ2n) is 10.5. The van der Waals surface area contributed by atoms with Crippen LogP contribution < -0.4 is 22.1 Å². The molecule has 13 heteroatoms. The summed E-state index contributed by atoms with van der Waals surface area (Å²) in [6, 6.07) is 9.85. The number of nitrogens with zero attached hydrogens (tertiary/aromatic N) is 2. The Morgan fingerprint density at radius 3 is 2.21 bits per heavy atom. The number of phenolic OH excluding ortho intramolecular Hbond substituents is 2. The van der Waals surface area contributed by atoms with Gasteiger partial charge in [0.1, 0.15) is 36.0 Å². The number of amides is 3. The molecular formula is C30H40N6O7. The molecule has 0 bridgehead atoms. The van der Waals surface area contributed by atoms with Crippen LogP contribution in [-0.4, -0.2) is 87.5 Å². The maximum atomic E-state index is 13.8. The highest BCUT2D eigenvalue weighted by molar-refractivity contribution is 5.94. The van der Waals surface area contributed by atoms with E-state index in [2.05, 4.69) is 15.6 Å². The van der Waals surface area contributed by atoms with E-state index in [0.29, 0.717) is 50.5 Å². The molecule has 0 aliphatic carbocycles. The molecule has 0 aromatic heterocycles. The van der Waals surface area contributed by atoms with Crippen molar-refractivity contribution in [2.75, 3.05) is 13.1 Å². The van der Waals surface area contributed by atoms with Crippen LogP contribution in [0.3, 0.4) is 0 Å². The fraction of sp³-hybridized carbons (Fsp3) is 0.433. The highest BCUT2D eigenvalue weighted by Gasteiger charge is 2.38. The molecular weight excluding hydrogens is 556 g/mol. The lowest BCUT2D eigenvalue weighted by molar-refractivity contribution is -0.143. The molecule has 1 saturated heterocycles. The van der Waals surface area contributed by atoms with Gasteiger partial charge in [0.15, 0.2) is 5.96 Å². The summed E-state index contributed by atoms with van der Waals surface area (Å²) in [6.07, 6.45) is 1.41. The monoisotopic (exact) mass is 596 g/mol. The molecule has 3 rings (SSSR count). The number of carbonyl (C=O) groups is 4. The fourth-order valence-electron chi connectivity index (χ4n) is 4.92. The van der Waals surface area contributed by atoms with Crippen molar-refractivity contribution in [2.24, 2.45) is 16.5 Å². The number of aliphatic hydroxyl groups is 1. The number of rotatable bonds is 15. The van der Waals surface area contributed by atoms with E-state index in [-0.39, 0.29) is 36.8 Å². The normalized spacial score (nSPS) is 16.5. The van der Waals surface area contributed by atoms with Crippen LogP contribution in [0.4, 0.5) is 0 Å². The molecule has 1 aliphatic rings. The van der Waals surface area contributed by atoms with Crippen molar-refractivity contribution >= 4 is 30.0 Å². The van der Waals surface area contributed by atoms with Crippen molar-refractivity contribution in [2.45, 2.75) is 69.2 Å². The molecule has 4 atom stereocenters. The lowest BCUT2D eigenvalue weighted by Gasteiger charge is -2.30. The molecule has 9 N–H and O–H groups in total. The molecule has 0 saturated carbocycles. The number of guanidine groups is 1. The van der Waals surface area contributed by atoms with E-state index in [4.69, 9.17) is 11.5 Å². The molecule has 3 amide bonds. The maximum absolute atomic E-state index is 13.8. The molecule has 2 aromatic carbocycles. The van der Waals surface area contributed by atoms with Gasteiger partial charge in [0.05, 0.1) is 6.04 Å². The number of nitrogens with one attached hydrogen (secondary N) is 2. The molecule has 43 heavy (non-hydrogen) atoms. The Morgan fingerprint density at radius 2 is 1.60 bits per heavy atom. The second kappa shape index (κ2) is 16.1. The molecule has 1 heterocycles. The summed E-state index contributed by atoms with van der Waals surface area (Å²) in [4.78, 5) is 56.8. The predicted molar refractivity (Wildman–Crippen MR) is 159 cm³/mol. The third kappa shape index (κ3) is 10.3. The highest BCUT2D eigenvalue weighted by Crippen LogP contribution is 2.21. The van der Waals surface area contributed by atoms with Gasteiger partial charge in [-0.2, -0.15) is 0 Å². The molecule has 1 unspecified atom stereocenters. The van der Waals surface area contributed by atoms with Crippen LogP contribution in [0.5, 0.6) is 11.5 Å². The van der Waals surface area contributed by atoms with E-state index in [0.717, 1.165) is 5.56 Å². The SMILES string of the molecule is NC(N)=NCCCC(C=O)NC(=O)[C@@H]1CCCN1C(=O)[C@@H](CCc1ccc(O)cc1)NC(=O)[C@H](O)Cc1ccc(O)cc1. The summed E-state index contributed by atoms with van der Waals surface area (Å²) in [5, 5.41) is 35.0. The van der Waals surface area contributed by atoms with E-state index < -0.39 is 42.0 Å². The summed E-state index contributed by atoms with van der Waals surface area (Å²) in [5.74, 6) is -1.61. The summed E-state index contributed by atoms with van der Waals surface area (Å²) in [5.41, 5.74) is 12.1. The van der Waals surface area contributed by atoms with E-state index in [9.17, 15) is 34.5 Å². The van der Waals surface area contributed by atoms with Gasteiger partial charge in [-0.1, -0.05) is 24.3 Å². The number of carbonyl (C=O) groups excluding carboxylic acids is 4. The Balaban J connectivity index is 1.70. The largest absolute Gasteiger partial charge is 0.508 e. The number of aryl methyl sites for hydroxylation is 1. The molecule has 0 radical (unpaired) electrons. The number of aldehydes is 1. The minimum atomic E-state index is -1.46. The molecule has 13 nitrogen and oxygen atoms in total. The maximum Gasteiger partial charge on any atom is 0.249 e. The first-order valence-corrected chi connectivity index (χ1v) is 14.2. The first kappa shape index (κ1) is 32.9. The lowest BCUT2D eigenvalue weighted by Crippen LogP contribution is -2.56. The molecule has 1 aliphatic heterocycles. The standard InChI is InChI=1S/C30H40N6O7/c31-30(32)33-15-1-3-21(18-37)34-27(41)25-4-2-16-36(25)29(43)24(14-9-19-5-10-22(38)11-6-19)35-28(42)26(40)17-20-7-12-23(39)13-8-20/h5-8,10-13,18,21,24-26,38-40H,1-4,9,14-17H2,(H,34,41)(H,35,42)(H4,31,32,33)/t21?,24-,25+,26-/m1/s1. The van der Waals surface area contributed by atoms with Crippen molar-refractivity contribution in [1.29, 1.82) is 0 Å². The van der Waals surface area contributed by atoms with Gasteiger partial charge in [0, 0.05) is 19.5 Å². The van der Waals surface area contributed by atoms with E-state index >= 15 is 0 Å². The van der Waals surface area contributed by atoms with Gasteiger partial charge in [-0.3, -0.25) is 19.4 Å². The molecule has 232 valence electrons. The minimum absolute atomic E-state index is 0.0317. The lowest BCUT2D eigenvalue weighted by atomic mass is 10.0. The topological polar surface area (TPSA) is 221 Å². The Bertz CT molecular complexity index is 1260. The van der Waals surface area contributed by atoms with Gasteiger partial charge in [-0.15, -0.1) is 0 Å². The van der Waals surface area contributed by atoms with Gasteiger partial charge in [-0.25, -0.2) is 0 Å². The van der Waals surface area contributed by atoms with Crippen LogP contribution in [-0.2, 0) is 32.0 Å². The highest BCUT2D eigenvalue weighted by atomic mass is 16.3. The Kier molecular flexibility index (Phi) is 12.3. The zero-order chi connectivity index (χ0) is 31.4. The number of nitrogens with two attached hydrogens (primary N) is 2. The van der Waals surface area contributed by atoms with Crippen LogP contribution >= 0.6 is 0 Å². The Morgan fingerprint density at radius 1 is 0.977 bits per heavy atom. The van der Waals surface area contributed by atoms with Crippen molar-refractivity contribution < 1.29 is 34.5 Å².